The summed E-state index contributed by atoms with van der Waals surface area (Å²) >= 11 is 0.877. The molecule has 0 aliphatic heterocycles. The van der Waals surface area contributed by atoms with Gasteiger partial charge in [-0.25, -0.2) is 22.0 Å². The van der Waals surface area contributed by atoms with E-state index in [-0.39, 0.29) is 16.5 Å². The number of esters is 1. The summed E-state index contributed by atoms with van der Waals surface area (Å²) < 4.78 is 57.9. The fourth-order valence-corrected chi connectivity index (χ4v) is 4.12. The van der Waals surface area contributed by atoms with Crippen molar-refractivity contribution in [3.8, 4) is 0 Å². The molecular formula is C14H13F2NO4S2. The normalized spacial score (nSPS) is 11.3. The quantitative estimate of drug-likeness (QED) is 0.830. The topological polar surface area (TPSA) is 72.5 Å². The molecule has 0 amide bonds. The number of ether oxygens (including phenoxy) is 1. The summed E-state index contributed by atoms with van der Waals surface area (Å²) in [6.45, 7) is 3.47. The lowest BCUT2D eigenvalue weighted by Crippen LogP contribution is -2.14. The standard InChI is InChI=1S/C14H13F2NO4S2/c1-3-21-14(18)13-8(2)6-12(22-13)17-23(19,20)11-5-4-9(15)7-10(11)16/h4-7,17H,3H2,1-2H3. The number of sulfonamides is 1. The molecule has 0 saturated carbocycles. The Morgan fingerprint density at radius 2 is 2.00 bits per heavy atom. The number of carbonyl (C=O) groups excluding carboxylic acids is 1. The summed E-state index contributed by atoms with van der Waals surface area (Å²) in [5.74, 6) is -2.64. The van der Waals surface area contributed by atoms with Crippen molar-refractivity contribution in [2.45, 2.75) is 18.7 Å². The van der Waals surface area contributed by atoms with Crippen molar-refractivity contribution in [3.05, 3.63) is 46.3 Å². The Morgan fingerprint density at radius 1 is 1.30 bits per heavy atom. The maximum absolute atomic E-state index is 13.6. The molecule has 2 aromatic rings. The van der Waals surface area contributed by atoms with Crippen LogP contribution in [-0.4, -0.2) is 21.0 Å². The predicted molar refractivity (Wildman–Crippen MR) is 82.2 cm³/mol. The van der Waals surface area contributed by atoms with Crippen LogP contribution in [0.25, 0.3) is 0 Å². The van der Waals surface area contributed by atoms with E-state index in [0.29, 0.717) is 11.6 Å². The van der Waals surface area contributed by atoms with Gasteiger partial charge in [0.05, 0.1) is 6.61 Å². The minimum Gasteiger partial charge on any atom is -0.462 e. The average Bonchev–Trinajstić information content (AvgIpc) is 2.78. The number of hydrogen-bond donors (Lipinski definition) is 1. The van der Waals surface area contributed by atoms with Gasteiger partial charge in [0, 0.05) is 6.07 Å². The van der Waals surface area contributed by atoms with E-state index in [1.54, 1.807) is 13.8 Å². The first kappa shape index (κ1) is 17.4. The summed E-state index contributed by atoms with van der Waals surface area (Å²) in [5, 5.41) is 0.134. The number of benzene rings is 1. The van der Waals surface area contributed by atoms with Gasteiger partial charge in [-0.05, 0) is 37.6 Å². The molecule has 2 rings (SSSR count). The third kappa shape index (κ3) is 3.85. The molecule has 5 nitrogen and oxygen atoms in total. The molecule has 1 aromatic carbocycles. The second-order valence-corrected chi connectivity index (χ2v) is 7.23. The van der Waals surface area contributed by atoms with Crippen LogP contribution in [0.2, 0.25) is 0 Å². The molecule has 1 heterocycles. The zero-order valence-electron chi connectivity index (χ0n) is 12.2. The van der Waals surface area contributed by atoms with E-state index in [4.69, 9.17) is 4.74 Å². The monoisotopic (exact) mass is 361 g/mol. The van der Waals surface area contributed by atoms with E-state index < -0.39 is 32.5 Å². The molecule has 1 N–H and O–H groups in total. The Kier molecular flexibility index (Phi) is 5.00. The number of anilines is 1. The Balaban J connectivity index is 2.31. The molecule has 0 unspecified atom stereocenters. The van der Waals surface area contributed by atoms with Crippen LogP contribution in [0.5, 0.6) is 0 Å². The molecule has 0 aliphatic carbocycles. The smallest absolute Gasteiger partial charge is 0.348 e. The van der Waals surface area contributed by atoms with Gasteiger partial charge < -0.3 is 4.74 Å². The van der Waals surface area contributed by atoms with Crippen LogP contribution in [0, 0.1) is 18.6 Å². The molecular weight excluding hydrogens is 348 g/mol. The van der Waals surface area contributed by atoms with E-state index >= 15 is 0 Å². The highest BCUT2D eigenvalue weighted by Gasteiger charge is 2.22. The minimum atomic E-state index is -4.24. The molecule has 0 fully saturated rings. The molecule has 0 spiro atoms. The summed E-state index contributed by atoms with van der Waals surface area (Å²) in [6, 6.07) is 3.61. The number of thiophene rings is 1. The van der Waals surface area contributed by atoms with Crippen LogP contribution in [0.15, 0.2) is 29.2 Å². The summed E-state index contributed by atoms with van der Waals surface area (Å²) in [6.07, 6.45) is 0. The Morgan fingerprint density at radius 3 is 2.61 bits per heavy atom. The van der Waals surface area contributed by atoms with Gasteiger partial charge in [0.1, 0.15) is 26.4 Å². The largest absolute Gasteiger partial charge is 0.462 e. The molecule has 23 heavy (non-hydrogen) atoms. The van der Waals surface area contributed by atoms with E-state index in [1.807, 2.05) is 0 Å². The van der Waals surface area contributed by atoms with Crippen LogP contribution >= 0.6 is 11.3 Å². The van der Waals surface area contributed by atoms with Crippen molar-refractivity contribution in [1.82, 2.24) is 0 Å². The molecule has 1 aromatic heterocycles. The molecule has 124 valence electrons. The molecule has 9 heteroatoms. The second kappa shape index (κ2) is 6.63. The fraction of sp³-hybridized carbons (Fsp3) is 0.214. The van der Waals surface area contributed by atoms with Crippen molar-refractivity contribution >= 4 is 32.3 Å². The highest BCUT2D eigenvalue weighted by atomic mass is 32.2. The number of nitrogens with one attached hydrogen (secondary N) is 1. The highest BCUT2D eigenvalue weighted by molar-refractivity contribution is 7.93. The van der Waals surface area contributed by atoms with E-state index in [9.17, 15) is 22.0 Å². The van der Waals surface area contributed by atoms with Crippen LogP contribution in [0.3, 0.4) is 0 Å². The van der Waals surface area contributed by atoms with Crippen LogP contribution in [0.1, 0.15) is 22.2 Å². The van der Waals surface area contributed by atoms with Crippen molar-refractivity contribution in [2.24, 2.45) is 0 Å². The average molecular weight is 361 g/mol. The summed E-state index contributed by atoms with van der Waals surface area (Å²) in [5.41, 5.74) is 0.533. The Labute approximate surface area is 136 Å². The lowest BCUT2D eigenvalue weighted by atomic mass is 10.3. The maximum atomic E-state index is 13.6. The van der Waals surface area contributed by atoms with Crippen molar-refractivity contribution in [1.29, 1.82) is 0 Å². The Hall–Kier alpha value is -2.00. The van der Waals surface area contributed by atoms with Gasteiger partial charge in [-0.2, -0.15) is 0 Å². The summed E-state index contributed by atoms with van der Waals surface area (Å²) in [7, 11) is -4.24. The van der Waals surface area contributed by atoms with Gasteiger partial charge in [0.2, 0.25) is 0 Å². The van der Waals surface area contributed by atoms with Crippen LogP contribution in [0.4, 0.5) is 13.8 Å². The van der Waals surface area contributed by atoms with Gasteiger partial charge in [-0.1, -0.05) is 0 Å². The van der Waals surface area contributed by atoms with Gasteiger partial charge in [-0.3, -0.25) is 4.72 Å². The van der Waals surface area contributed by atoms with Gasteiger partial charge >= 0.3 is 5.97 Å². The van der Waals surface area contributed by atoms with Gasteiger partial charge in [-0.15, -0.1) is 11.3 Å². The first-order valence-electron chi connectivity index (χ1n) is 6.50. The minimum absolute atomic E-state index is 0.134. The number of carbonyl (C=O) groups is 1. The SMILES string of the molecule is CCOC(=O)c1sc(NS(=O)(=O)c2ccc(F)cc2F)cc1C. The number of aryl methyl sites for hydroxylation is 1. The Bertz CT molecular complexity index is 846. The number of rotatable bonds is 5. The van der Waals surface area contributed by atoms with E-state index in [0.717, 1.165) is 23.5 Å². The van der Waals surface area contributed by atoms with Crippen molar-refractivity contribution in [2.75, 3.05) is 11.3 Å². The zero-order valence-corrected chi connectivity index (χ0v) is 13.9. The van der Waals surface area contributed by atoms with E-state index in [1.165, 1.54) is 6.07 Å². The van der Waals surface area contributed by atoms with Crippen molar-refractivity contribution < 1.29 is 26.7 Å². The first-order chi connectivity index (χ1) is 10.7. The van der Waals surface area contributed by atoms with Gasteiger partial charge in [0.15, 0.2) is 0 Å². The second-order valence-electron chi connectivity index (χ2n) is 4.52. The van der Waals surface area contributed by atoms with Crippen LogP contribution < -0.4 is 4.72 Å². The zero-order chi connectivity index (χ0) is 17.2. The van der Waals surface area contributed by atoms with E-state index in [2.05, 4.69) is 4.72 Å². The number of hydrogen-bond acceptors (Lipinski definition) is 5. The fourth-order valence-electron chi connectivity index (χ4n) is 1.81. The third-order valence-corrected chi connectivity index (χ3v) is 5.46. The third-order valence-electron chi connectivity index (χ3n) is 2.80. The molecule has 0 bridgehead atoms. The molecule has 0 atom stereocenters. The maximum Gasteiger partial charge on any atom is 0.348 e. The number of halogens is 2. The first-order valence-corrected chi connectivity index (χ1v) is 8.80. The summed E-state index contributed by atoms with van der Waals surface area (Å²) in [4.78, 5) is 11.3. The predicted octanol–water partition coefficient (Wildman–Crippen LogP) is 3.31. The molecule has 0 radical (unpaired) electrons. The molecule has 0 aliphatic rings. The highest BCUT2D eigenvalue weighted by Crippen LogP contribution is 2.29. The molecule has 0 saturated heterocycles. The lowest BCUT2D eigenvalue weighted by Gasteiger charge is -2.06. The van der Waals surface area contributed by atoms with Crippen molar-refractivity contribution in [3.63, 3.8) is 0 Å². The van der Waals surface area contributed by atoms with Crippen LogP contribution in [-0.2, 0) is 14.8 Å². The van der Waals surface area contributed by atoms with Gasteiger partial charge in [0.25, 0.3) is 10.0 Å². The lowest BCUT2D eigenvalue weighted by molar-refractivity contribution is 0.0531.